The lowest BCUT2D eigenvalue weighted by Gasteiger charge is -2.32. The summed E-state index contributed by atoms with van der Waals surface area (Å²) in [7, 11) is 2.01. The zero-order valence-corrected chi connectivity index (χ0v) is 24.2. The van der Waals surface area contributed by atoms with Crippen LogP contribution < -0.4 is 5.32 Å². The van der Waals surface area contributed by atoms with Crippen LogP contribution in [0.3, 0.4) is 0 Å². The highest BCUT2D eigenvalue weighted by Gasteiger charge is 2.22. The van der Waals surface area contributed by atoms with Crippen molar-refractivity contribution in [3.63, 3.8) is 0 Å². The minimum Gasteiger partial charge on any atom is -0.371 e. The first-order valence-electron chi connectivity index (χ1n) is 14.2. The lowest BCUT2D eigenvalue weighted by atomic mass is 9.94. The van der Waals surface area contributed by atoms with Gasteiger partial charge in [0.05, 0.1) is 5.69 Å². The van der Waals surface area contributed by atoms with Crippen LogP contribution in [0.5, 0.6) is 0 Å². The van der Waals surface area contributed by atoms with E-state index in [2.05, 4.69) is 87.0 Å². The SMILES string of the molecule is C=C(C)N1CCc2ccc(C)c(N=C(C)C3CCCC3)c2C1.CC.CC[C@@H](CNC)c1ccccc1. The molecule has 198 valence electrons. The molecule has 0 unspecified atom stereocenters. The van der Waals surface area contributed by atoms with Gasteiger partial charge in [0, 0.05) is 36.6 Å². The van der Waals surface area contributed by atoms with E-state index in [0.717, 1.165) is 31.8 Å². The summed E-state index contributed by atoms with van der Waals surface area (Å²) < 4.78 is 0. The third-order valence-corrected chi connectivity index (χ3v) is 7.57. The molecule has 0 saturated heterocycles. The van der Waals surface area contributed by atoms with E-state index >= 15 is 0 Å². The maximum atomic E-state index is 5.11. The molecule has 3 heteroatoms. The standard InChI is InChI=1S/C20H28N2.C11H17N.C2H6/c1-14(2)22-12-11-18-10-9-15(3)20(19(18)13-22)21-16(4)17-7-5-6-8-17;1-3-10(9-12-2)11-7-5-4-6-8-11;1-2/h9-10,17H,1,5-8,11-13H2,2-4H3;4-8,10,12H,3,9H2,1-2H3;1-2H3/t;10-;/m.0./s1. The van der Waals surface area contributed by atoms with Gasteiger partial charge in [0.1, 0.15) is 0 Å². The summed E-state index contributed by atoms with van der Waals surface area (Å²) in [6.45, 7) is 20.0. The molecule has 0 radical (unpaired) electrons. The van der Waals surface area contributed by atoms with Crippen molar-refractivity contribution < 1.29 is 0 Å². The summed E-state index contributed by atoms with van der Waals surface area (Å²) in [6.07, 6.45) is 7.68. The number of rotatable bonds is 7. The summed E-state index contributed by atoms with van der Waals surface area (Å²) in [5.74, 6) is 1.37. The number of fused-ring (bicyclic) bond motifs is 1. The molecular weight excluding hydrogens is 438 g/mol. The maximum absolute atomic E-state index is 5.11. The van der Waals surface area contributed by atoms with E-state index in [9.17, 15) is 0 Å². The number of nitrogens with one attached hydrogen (secondary N) is 1. The van der Waals surface area contributed by atoms with Crippen LogP contribution in [0.25, 0.3) is 0 Å². The number of nitrogens with zero attached hydrogens (tertiary/aromatic N) is 2. The molecule has 1 heterocycles. The number of hydrogen-bond acceptors (Lipinski definition) is 3. The first-order valence-corrected chi connectivity index (χ1v) is 14.2. The van der Waals surface area contributed by atoms with Crippen molar-refractivity contribution >= 4 is 11.4 Å². The van der Waals surface area contributed by atoms with Crippen molar-refractivity contribution in [2.45, 2.75) is 92.5 Å². The van der Waals surface area contributed by atoms with Crippen molar-refractivity contribution in [3.8, 4) is 0 Å². The summed E-state index contributed by atoms with van der Waals surface area (Å²) in [5, 5.41) is 3.22. The Morgan fingerprint density at radius 2 is 1.75 bits per heavy atom. The highest BCUT2D eigenvalue weighted by Crippen LogP contribution is 2.35. The van der Waals surface area contributed by atoms with Gasteiger partial charge in [0.15, 0.2) is 0 Å². The predicted molar refractivity (Wildman–Crippen MR) is 160 cm³/mol. The van der Waals surface area contributed by atoms with E-state index in [1.54, 1.807) is 0 Å². The number of likely N-dealkylation sites (N-methyl/N-ethyl adjacent to an activating group) is 1. The van der Waals surface area contributed by atoms with E-state index < -0.39 is 0 Å². The molecule has 1 atom stereocenters. The highest BCUT2D eigenvalue weighted by atomic mass is 15.1. The average molecular weight is 490 g/mol. The van der Waals surface area contributed by atoms with Crippen molar-refractivity contribution in [2.24, 2.45) is 10.9 Å². The average Bonchev–Trinajstić information content (AvgIpc) is 3.46. The zero-order chi connectivity index (χ0) is 26.5. The van der Waals surface area contributed by atoms with E-state index in [1.807, 2.05) is 20.9 Å². The number of allylic oxidation sites excluding steroid dienone is 1. The molecule has 1 aliphatic heterocycles. The summed E-state index contributed by atoms with van der Waals surface area (Å²) in [4.78, 5) is 7.49. The lowest BCUT2D eigenvalue weighted by molar-refractivity contribution is 0.325. The molecule has 1 N–H and O–H groups in total. The second kappa shape index (κ2) is 15.7. The van der Waals surface area contributed by atoms with Crippen LogP contribution >= 0.6 is 0 Å². The fourth-order valence-corrected chi connectivity index (χ4v) is 5.29. The summed E-state index contributed by atoms with van der Waals surface area (Å²) in [5.41, 5.74) is 9.37. The van der Waals surface area contributed by atoms with Gasteiger partial charge in [-0.3, -0.25) is 4.99 Å². The van der Waals surface area contributed by atoms with Gasteiger partial charge in [0.2, 0.25) is 0 Å². The molecule has 1 fully saturated rings. The van der Waals surface area contributed by atoms with Gasteiger partial charge in [-0.25, -0.2) is 0 Å². The molecule has 1 aliphatic carbocycles. The third kappa shape index (κ3) is 8.34. The molecule has 36 heavy (non-hydrogen) atoms. The van der Waals surface area contributed by atoms with E-state index in [4.69, 9.17) is 4.99 Å². The second-order valence-corrected chi connectivity index (χ2v) is 10.1. The zero-order valence-electron chi connectivity index (χ0n) is 24.2. The Labute approximate surface area is 222 Å². The highest BCUT2D eigenvalue weighted by molar-refractivity contribution is 5.88. The van der Waals surface area contributed by atoms with Gasteiger partial charge in [-0.2, -0.15) is 0 Å². The van der Waals surface area contributed by atoms with Crippen LogP contribution in [0.2, 0.25) is 0 Å². The van der Waals surface area contributed by atoms with E-state index in [-0.39, 0.29) is 0 Å². The van der Waals surface area contributed by atoms with Crippen molar-refractivity contribution in [1.29, 1.82) is 0 Å². The predicted octanol–water partition coefficient (Wildman–Crippen LogP) is 8.60. The molecule has 3 nitrogen and oxygen atoms in total. The normalized spacial score (nSPS) is 16.3. The van der Waals surface area contributed by atoms with Crippen molar-refractivity contribution in [3.05, 3.63) is 77.0 Å². The Balaban J connectivity index is 0.000000277. The topological polar surface area (TPSA) is 27.6 Å². The van der Waals surface area contributed by atoms with Gasteiger partial charge < -0.3 is 10.2 Å². The molecule has 0 aromatic heterocycles. The Kier molecular flexibility index (Phi) is 13.0. The van der Waals surface area contributed by atoms with Crippen LogP contribution in [0.1, 0.15) is 94.9 Å². The number of aryl methyl sites for hydroxylation is 1. The third-order valence-electron chi connectivity index (χ3n) is 7.57. The number of benzene rings is 2. The molecule has 0 spiro atoms. The Bertz CT molecular complexity index is 954. The van der Waals surface area contributed by atoms with Gasteiger partial charge in [-0.15, -0.1) is 0 Å². The first-order chi connectivity index (χ1) is 17.4. The molecule has 0 amide bonds. The minimum atomic E-state index is 0.663. The second-order valence-electron chi connectivity index (χ2n) is 10.1. The van der Waals surface area contributed by atoms with Crippen LogP contribution in [-0.4, -0.2) is 30.7 Å². The van der Waals surface area contributed by atoms with Gasteiger partial charge in [-0.05, 0) is 82.0 Å². The fraction of sp³-hybridized carbons (Fsp3) is 0.545. The van der Waals surface area contributed by atoms with Crippen molar-refractivity contribution in [1.82, 2.24) is 10.2 Å². The molecule has 4 rings (SSSR count). The molecule has 2 aromatic rings. The van der Waals surface area contributed by atoms with E-state index in [0.29, 0.717) is 11.8 Å². The number of hydrogen-bond donors (Lipinski definition) is 1. The van der Waals surface area contributed by atoms with Gasteiger partial charge >= 0.3 is 0 Å². The quantitative estimate of drug-likeness (QED) is 0.394. The largest absolute Gasteiger partial charge is 0.371 e. The minimum absolute atomic E-state index is 0.663. The summed E-state index contributed by atoms with van der Waals surface area (Å²) >= 11 is 0. The van der Waals surface area contributed by atoms with Crippen LogP contribution in [-0.2, 0) is 13.0 Å². The Morgan fingerprint density at radius 1 is 1.08 bits per heavy atom. The Hall–Kier alpha value is -2.39. The smallest absolute Gasteiger partial charge is 0.0710 e. The van der Waals surface area contributed by atoms with Gasteiger partial charge in [0.25, 0.3) is 0 Å². The maximum Gasteiger partial charge on any atom is 0.0710 e. The molecule has 1 saturated carbocycles. The van der Waals surface area contributed by atoms with Crippen molar-refractivity contribution in [2.75, 3.05) is 20.1 Å². The first kappa shape index (κ1) is 29.8. The summed E-state index contributed by atoms with van der Waals surface area (Å²) in [6, 6.07) is 15.2. The molecule has 2 aliphatic rings. The lowest BCUT2D eigenvalue weighted by Crippen LogP contribution is -2.28. The monoisotopic (exact) mass is 489 g/mol. The molecule has 0 bridgehead atoms. The Morgan fingerprint density at radius 3 is 2.33 bits per heavy atom. The molecule has 2 aromatic carbocycles. The molecular formula is C33H51N3. The number of aliphatic imine (C=N–C) groups is 1. The van der Waals surface area contributed by atoms with Crippen LogP contribution in [0.4, 0.5) is 5.69 Å². The van der Waals surface area contributed by atoms with E-state index in [1.165, 1.54) is 65.8 Å². The van der Waals surface area contributed by atoms with Crippen LogP contribution in [0, 0.1) is 12.8 Å². The van der Waals surface area contributed by atoms with Crippen LogP contribution in [0.15, 0.2) is 59.7 Å². The van der Waals surface area contributed by atoms with Gasteiger partial charge in [-0.1, -0.05) is 82.7 Å². The fourth-order valence-electron chi connectivity index (χ4n) is 5.29.